The molecule has 0 radical (unpaired) electrons. The second kappa shape index (κ2) is 11.4. The van der Waals surface area contributed by atoms with Gasteiger partial charge in [0, 0.05) is 28.5 Å². The van der Waals surface area contributed by atoms with Crippen LogP contribution in [-0.2, 0) is 4.79 Å². The Morgan fingerprint density at radius 1 is 1.20 bits per heavy atom. The van der Waals surface area contributed by atoms with Gasteiger partial charge in [-0.15, -0.1) is 11.8 Å². The molecule has 0 saturated heterocycles. The molecule has 7 heteroatoms. The maximum atomic E-state index is 11.8. The molecule has 0 aliphatic carbocycles. The van der Waals surface area contributed by atoms with Gasteiger partial charge in [-0.25, -0.2) is 0 Å². The van der Waals surface area contributed by atoms with Gasteiger partial charge in [0.15, 0.2) is 5.96 Å². The van der Waals surface area contributed by atoms with Crippen molar-refractivity contribution in [3.8, 4) is 0 Å². The summed E-state index contributed by atoms with van der Waals surface area (Å²) in [5.74, 6) is 1.69. The summed E-state index contributed by atoms with van der Waals surface area (Å²) in [5.41, 5.74) is -0.221. The lowest BCUT2D eigenvalue weighted by molar-refractivity contribution is -0.121. The lowest BCUT2D eigenvalue weighted by atomic mass is 10.1. The van der Waals surface area contributed by atoms with Gasteiger partial charge in [-0.2, -0.15) is 0 Å². The molecule has 1 rings (SSSR count). The third-order valence-electron chi connectivity index (χ3n) is 3.11. The number of amides is 1. The molecule has 1 amide bonds. The van der Waals surface area contributed by atoms with Crippen LogP contribution in [0.4, 0.5) is 0 Å². The topological polar surface area (TPSA) is 65.5 Å². The Morgan fingerprint density at radius 2 is 1.92 bits per heavy atom. The number of hydrogen-bond donors (Lipinski definition) is 3. The number of aliphatic imine (C=N–C) groups is 1. The Kier molecular flexibility index (Phi) is 9.97. The van der Waals surface area contributed by atoms with Gasteiger partial charge in [0.2, 0.25) is 5.91 Å². The molecule has 1 aromatic rings. The van der Waals surface area contributed by atoms with E-state index in [4.69, 9.17) is 0 Å². The molecule has 0 bridgehead atoms. The van der Waals surface area contributed by atoms with Gasteiger partial charge in [0.1, 0.15) is 0 Å². The van der Waals surface area contributed by atoms with Gasteiger partial charge < -0.3 is 16.0 Å². The molecule has 0 spiro atoms. The molecule has 0 fully saturated rings. The molecule has 5 nitrogen and oxygen atoms in total. The first kappa shape index (κ1) is 21.8. The molecule has 0 atom stereocenters. The van der Waals surface area contributed by atoms with Crippen molar-refractivity contribution in [3.05, 3.63) is 28.7 Å². The molecule has 0 aliphatic heterocycles. The van der Waals surface area contributed by atoms with Crippen LogP contribution >= 0.6 is 27.7 Å². The predicted molar refractivity (Wildman–Crippen MR) is 111 cm³/mol. The van der Waals surface area contributed by atoms with Crippen molar-refractivity contribution in [2.24, 2.45) is 4.99 Å². The largest absolute Gasteiger partial charge is 0.356 e. The second-order valence-corrected chi connectivity index (χ2v) is 8.63. The van der Waals surface area contributed by atoms with Crippen molar-refractivity contribution in [2.75, 3.05) is 25.9 Å². The molecule has 25 heavy (non-hydrogen) atoms. The third-order valence-corrected chi connectivity index (χ3v) is 5.23. The zero-order valence-corrected chi connectivity index (χ0v) is 17.9. The van der Waals surface area contributed by atoms with E-state index in [-0.39, 0.29) is 18.0 Å². The van der Waals surface area contributed by atoms with E-state index in [0.717, 1.165) is 29.6 Å². The van der Waals surface area contributed by atoms with E-state index >= 15 is 0 Å². The molecule has 140 valence electrons. The second-order valence-electron chi connectivity index (χ2n) is 6.64. The van der Waals surface area contributed by atoms with Crippen LogP contribution in [0.1, 0.15) is 33.6 Å². The Balaban J connectivity index is 2.15. The minimum atomic E-state index is -0.221. The number of thioether (sulfide) groups is 1. The van der Waals surface area contributed by atoms with Gasteiger partial charge in [-0.3, -0.25) is 9.79 Å². The van der Waals surface area contributed by atoms with E-state index in [9.17, 15) is 4.79 Å². The first-order valence-electron chi connectivity index (χ1n) is 8.44. The lowest BCUT2D eigenvalue weighted by Gasteiger charge is -2.21. The summed E-state index contributed by atoms with van der Waals surface area (Å²) in [7, 11) is 1.71. The van der Waals surface area contributed by atoms with E-state index in [1.807, 2.05) is 38.6 Å². The summed E-state index contributed by atoms with van der Waals surface area (Å²) in [5, 5.41) is 9.18. The summed E-state index contributed by atoms with van der Waals surface area (Å²) in [6, 6.07) is 8.27. The summed E-state index contributed by atoms with van der Waals surface area (Å²) < 4.78 is 1.15. The molecule has 3 N–H and O–H groups in total. The number of unbranched alkanes of at least 4 members (excludes halogenated alkanes) is 1. The van der Waals surface area contributed by atoms with E-state index in [2.05, 4.69) is 55.1 Å². The van der Waals surface area contributed by atoms with Gasteiger partial charge >= 0.3 is 0 Å². The molecular formula is C18H29BrN4OS. The SMILES string of the molecule is CN=C(NCCCCSc1ccccc1Br)NCC(=O)NC(C)(C)C. The summed E-state index contributed by atoms with van der Waals surface area (Å²) >= 11 is 5.42. The maximum absolute atomic E-state index is 11.8. The van der Waals surface area contributed by atoms with Crippen LogP contribution in [0.3, 0.4) is 0 Å². The van der Waals surface area contributed by atoms with Crippen molar-refractivity contribution in [1.82, 2.24) is 16.0 Å². The lowest BCUT2D eigenvalue weighted by Crippen LogP contribution is -2.48. The van der Waals surface area contributed by atoms with Crippen LogP contribution in [-0.4, -0.2) is 43.3 Å². The van der Waals surface area contributed by atoms with E-state index in [1.165, 1.54) is 4.90 Å². The van der Waals surface area contributed by atoms with Gasteiger partial charge in [-0.1, -0.05) is 12.1 Å². The minimum absolute atomic E-state index is 0.0414. The zero-order chi connectivity index (χ0) is 18.7. The number of halogens is 1. The van der Waals surface area contributed by atoms with Crippen molar-refractivity contribution < 1.29 is 4.79 Å². The van der Waals surface area contributed by atoms with Crippen molar-refractivity contribution in [2.45, 2.75) is 44.0 Å². The smallest absolute Gasteiger partial charge is 0.239 e. The maximum Gasteiger partial charge on any atom is 0.239 e. The van der Waals surface area contributed by atoms with Crippen molar-refractivity contribution in [1.29, 1.82) is 0 Å². The van der Waals surface area contributed by atoms with Crippen LogP contribution in [0.15, 0.2) is 38.6 Å². The average molecular weight is 429 g/mol. The average Bonchev–Trinajstić information content (AvgIpc) is 2.53. The first-order chi connectivity index (χ1) is 11.8. The number of nitrogens with zero attached hydrogens (tertiary/aromatic N) is 1. The minimum Gasteiger partial charge on any atom is -0.356 e. The molecule has 0 saturated carbocycles. The summed E-state index contributed by atoms with van der Waals surface area (Å²) in [4.78, 5) is 17.2. The van der Waals surface area contributed by atoms with Crippen molar-refractivity contribution >= 4 is 39.6 Å². The van der Waals surface area contributed by atoms with E-state index in [0.29, 0.717) is 5.96 Å². The molecule has 0 aliphatic rings. The van der Waals surface area contributed by atoms with Crippen LogP contribution in [0.2, 0.25) is 0 Å². The third kappa shape index (κ3) is 10.4. The van der Waals surface area contributed by atoms with Gasteiger partial charge in [0.25, 0.3) is 0 Å². The van der Waals surface area contributed by atoms with Crippen LogP contribution in [0.5, 0.6) is 0 Å². The Bertz CT molecular complexity index is 572. The fourth-order valence-corrected chi connectivity index (χ4v) is 3.60. The van der Waals surface area contributed by atoms with Gasteiger partial charge in [-0.05, 0) is 67.4 Å². The van der Waals surface area contributed by atoms with E-state index < -0.39 is 0 Å². The van der Waals surface area contributed by atoms with Crippen molar-refractivity contribution in [3.63, 3.8) is 0 Å². The highest BCUT2D eigenvalue weighted by Gasteiger charge is 2.13. The van der Waals surface area contributed by atoms with Crippen LogP contribution in [0.25, 0.3) is 0 Å². The molecule has 0 unspecified atom stereocenters. The fraction of sp³-hybridized carbons (Fsp3) is 0.556. The number of rotatable bonds is 8. The quantitative estimate of drug-likeness (QED) is 0.257. The Hall–Kier alpha value is -1.21. The summed E-state index contributed by atoms with van der Waals surface area (Å²) in [6.45, 7) is 6.93. The Morgan fingerprint density at radius 3 is 2.56 bits per heavy atom. The number of benzene rings is 1. The number of carbonyl (C=O) groups is 1. The highest BCUT2D eigenvalue weighted by molar-refractivity contribution is 9.10. The highest BCUT2D eigenvalue weighted by atomic mass is 79.9. The number of nitrogens with one attached hydrogen (secondary N) is 3. The molecular weight excluding hydrogens is 400 g/mol. The van der Waals surface area contributed by atoms with Gasteiger partial charge in [0.05, 0.1) is 6.54 Å². The monoisotopic (exact) mass is 428 g/mol. The summed E-state index contributed by atoms with van der Waals surface area (Å²) in [6.07, 6.45) is 2.16. The molecule has 0 heterocycles. The number of carbonyl (C=O) groups excluding carboxylic acids is 1. The zero-order valence-electron chi connectivity index (χ0n) is 15.5. The first-order valence-corrected chi connectivity index (χ1v) is 10.2. The standard InChI is InChI=1S/C18H29BrN4OS/c1-18(2,3)23-16(24)13-22-17(20-4)21-11-7-8-12-25-15-10-6-5-9-14(15)19/h5-6,9-10H,7-8,11-13H2,1-4H3,(H,23,24)(H2,20,21,22). The van der Waals surface area contributed by atoms with Crippen LogP contribution < -0.4 is 16.0 Å². The number of hydrogen-bond acceptors (Lipinski definition) is 3. The molecule has 1 aromatic carbocycles. The van der Waals surface area contributed by atoms with E-state index in [1.54, 1.807) is 7.05 Å². The normalized spacial score (nSPS) is 12.0. The number of guanidine groups is 1. The van der Waals surface area contributed by atoms with Crippen LogP contribution in [0, 0.1) is 0 Å². The predicted octanol–water partition coefficient (Wildman–Crippen LogP) is 3.40. The molecule has 0 aromatic heterocycles. The fourth-order valence-electron chi connectivity index (χ4n) is 2.02. The Labute approximate surface area is 164 Å². The highest BCUT2D eigenvalue weighted by Crippen LogP contribution is 2.27.